The minimum absolute atomic E-state index is 0.127. The van der Waals surface area contributed by atoms with Crippen molar-refractivity contribution in [2.75, 3.05) is 54.1 Å². The standard InChI is InChI=1S/C20H31N7O3/c1-21-20(23-13-19-24-14-25-26(19)2)22-12-16(27-7-9-30-10-8-27)15-5-6-17(28-3)18(11-15)29-4/h5-6,11,14,16H,7-10,12-13H2,1-4H3,(H2,21,22,23). The lowest BCUT2D eigenvalue weighted by Gasteiger charge is -2.35. The Morgan fingerprint density at radius 2 is 1.97 bits per heavy atom. The van der Waals surface area contributed by atoms with Crippen LogP contribution in [0.15, 0.2) is 29.5 Å². The normalized spacial score (nSPS) is 16.2. The molecule has 0 radical (unpaired) electrons. The molecule has 1 saturated heterocycles. The van der Waals surface area contributed by atoms with E-state index in [-0.39, 0.29) is 6.04 Å². The lowest BCUT2D eigenvalue weighted by molar-refractivity contribution is 0.0169. The molecule has 2 N–H and O–H groups in total. The van der Waals surface area contributed by atoms with E-state index in [0.717, 1.165) is 49.2 Å². The number of aromatic nitrogens is 3. The number of aryl methyl sites for hydroxylation is 1. The van der Waals surface area contributed by atoms with E-state index in [1.54, 1.807) is 32.3 Å². The maximum atomic E-state index is 5.55. The summed E-state index contributed by atoms with van der Waals surface area (Å²) in [6, 6.07) is 6.19. The molecule has 10 heteroatoms. The number of benzene rings is 1. The fraction of sp³-hybridized carbons (Fsp3) is 0.550. The van der Waals surface area contributed by atoms with Crippen LogP contribution in [0.3, 0.4) is 0 Å². The smallest absolute Gasteiger partial charge is 0.191 e. The third kappa shape index (κ3) is 5.39. The molecule has 10 nitrogen and oxygen atoms in total. The summed E-state index contributed by atoms with van der Waals surface area (Å²) in [5.74, 6) is 2.98. The highest BCUT2D eigenvalue weighted by molar-refractivity contribution is 5.79. The Hall–Kier alpha value is -2.85. The van der Waals surface area contributed by atoms with Gasteiger partial charge in [0.05, 0.1) is 40.0 Å². The number of nitrogens with zero attached hydrogens (tertiary/aromatic N) is 5. The first-order valence-electron chi connectivity index (χ1n) is 9.97. The second-order valence-corrected chi connectivity index (χ2v) is 6.89. The number of rotatable bonds is 8. The second kappa shape index (κ2) is 10.8. The molecule has 1 aromatic carbocycles. The third-order valence-corrected chi connectivity index (χ3v) is 5.18. The number of morpholine rings is 1. The molecule has 0 amide bonds. The fourth-order valence-electron chi connectivity index (χ4n) is 3.46. The van der Waals surface area contributed by atoms with E-state index in [1.807, 2.05) is 19.2 Å². The molecule has 0 saturated carbocycles. The lowest BCUT2D eigenvalue weighted by Crippen LogP contribution is -2.46. The van der Waals surface area contributed by atoms with Gasteiger partial charge in [-0.15, -0.1) is 0 Å². The molecule has 30 heavy (non-hydrogen) atoms. The maximum Gasteiger partial charge on any atom is 0.191 e. The van der Waals surface area contributed by atoms with Crippen LogP contribution in [0.5, 0.6) is 11.5 Å². The molecule has 1 aliphatic rings. The van der Waals surface area contributed by atoms with Crippen LogP contribution >= 0.6 is 0 Å². The van der Waals surface area contributed by atoms with Gasteiger partial charge in [-0.2, -0.15) is 5.10 Å². The van der Waals surface area contributed by atoms with Crippen molar-refractivity contribution in [1.29, 1.82) is 0 Å². The number of hydrogen-bond donors (Lipinski definition) is 2. The van der Waals surface area contributed by atoms with E-state index in [2.05, 4.69) is 36.7 Å². The van der Waals surface area contributed by atoms with Crippen LogP contribution in [0, 0.1) is 0 Å². The van der Waals surface area contributed by atoms with Crippen molar-refractivity contribution in [1.82, 2.24) is 30.3 Å². The first kappa shape index (κ1) is 21.8. The zero-order chi connectivity index (χ0) is 21.3. The maximum absolute atomic E-state index is 5.55. The van der Waals surface area contributed by atoms with Crippen LogP contribution in [-0.4, -0.2) is 79.7 Å². The predicted octanol–water partition coefficient (Wildman–Crippen LogP) is 0.571. The summed E-state index contributed by atoms with van der Waals surface area (Å²) in [7, 11) is 6.92. The number of hydrogen-bond acceptors (Lipinski definition) is 7. The summed E-state index contributed by atoms with van der Waals surface area (Å²) >= 11 is 0. The van der Waals surface area contributed by atoms with Crippen LogP contribution in [0.25, 0.3) is 0 Å². The zero-order valence-electron chi connectivity index (χ0n) is 18.1. The monoisotopic (exact) mass is 417 g/mol. The van der Waals surface area contributed by atoms with Gasteiger partial charge in [-0.05, 0) is 17.7 Å². The van der Waals surface area contributed by atoms with Gasteiger partial charge in [0, 0.05) is 33.7 Å². The average Bonchev–Trinajstić information content (AvgIpc) is 3.21. The molecule has 0 aliphatic carbocycles. The van der Waals surface area contributed by atoms with Crippen molar-refractivity contribution < 1.29 is 14.2 Å². The summed E-state index contributed by atoms with van der Waals surface area (Å²) in [6.07, 6.45) is 1.54. The molecule has 1 atom stereocenters. The van der Waals surface area contributed by atoms with Crippen LogP contribution in [0.2, 0.25) is 0 Å². The summed E-state index contributed by atoms with van der Waals surface area (Å²) in [5.41, 5.74) is 1.14. The number of guanidine groups is 1. The number of ether oxygens (including phenoxy) is 3. The Bertz CT molecular complexity index is 834. The summed E-state index contributed by atoms with van der Waals surface area (Å²) in [5, 5.41) is 10.8. The minimum atomic E-state index is 0.127. The van der Waals surface area contributed by atoms with Crippen molar-refractivity contribution in [2.45, 2.75) is 12.6 Å². The quantitative estimate of drug-likeness (QED) is 0.475. The van der Waals surface area contributed by atoms with Crippen LogP contribution < -0.4 is 20.1 Å². The van der Waals surface area contributed by atoms with Gasteiger partial charge in [-0.3, -0.25) is 14.6 Å². The largest absolute Gasteiger partial charge is 0.493 e. The van der Waals surface area contributed by atoms with E-state index in [4.69, 9.17) is 14.2 Å². The van der Waals surface area contributed by atoms with Gasteiger partial charge in [-0.1, -0.05) is 6.07 Å². The van der Waals surface area contributed by atoms with E-state index < -0.39 is 0 Å². The Kier molecular flexibility index (Phi) is 7.86. The van der Waals surface area contributed by atoms with Gasteiger partial charge in [0.1, 0.15) is 12.2 Å². The fourth-order valence-corrected chi connectivity index (χ4v) is 3.46. The van der Waals surface area contributed by atoms with Crippen LogP contribution in [-0.2, 0) is 18.3 Å². The Labute approximate surface area is 177 Å². The summed E-state index contributed by atoms with van der Waals surface area (Å²) in [6.45, 7) is 4.39. The third-order valence-electron chi connectivity index (χ3n) is 5.18. The molecule has 1 unspecified atom stereocenters. The molecular weight excluding hydrogens is 386 g/mol. The number of methoxy groups -OCH3 is 2. The SMILES string of the molecule is CN=C(NCc1ncnn1C)NCC(c1ccc(OC)c(OC)c1)N1CCOCC1. The van der Waals surface area contributed by atoms with Crippen molar-refractivity contribution in [3.8, 4) is 11.5 Å². The van der Waals surface area contributed by atoms with E-state index >= 15 is 0 Å². The number of nitrogens with one attached hydrogen (secondary N) is 2. The molecule has 0 spiro atoms. The predicted molar refractivity (Wildman–Crippen MR) is 114 cm³/mol. The number of aliphatic imine (C=N–C) groups is 1. The topological polar surface area (TPSA) is 98.1 Å². The molecule has 1 fully saturated rings. The average molecular weight is 418 g/mol. The minimum Gasteiger partial charge on any atom is -0.493 e. The Morgan fingerprint density at radius 3 is 2.60 bits per heavy atom. The highest BCUT2D eigenvalue weighted by Gasteiger charge is 2.24. The highest BCUT2D eigenvalue weighted by Crippen LogP contribution is 2.32. The van der Waals surface area contributed by atoms with Crippen molar-refractivity contribution in [3.05, 3.63) is 35.9 Å². The van der Waals surface area contributed by atoms with E-state index in [9.17, 15) is 0 Å². The molecule has 2 heterocycles. The van der Waals surface area contributed by atoms with Gasteiger partial charge in [-0.25, -0.2) is 4.98 Å². The van der Waals surface area contributed by atoms with Crippen molar-refractivity contribution in [2.24, 2.45) is 12.0 Å². The van der Waals surface area contributed by atoms with Crippen molar-refractivity contribution >= 4 is 5.96 Å². The van der Waals surface area contributed by atoms with E-state index in [1.165, 1.54) is 0 Å². The molecule has 0 bridgehead atoms. The Balaban J connectivity index is 1.71. The first-order chi connectivity index (χ1) is 14.7. The highest BCUT2D eigenvalue weighted by atomic mass is 16.5. The molecule has 3 rings (SSSR count). The van der Waals surface area contributed by atoms with Crippen LogP contribution in [0.4, 0.5) is 0 Å². The summed E-state index contributed by atoms with van der Waals surface area (Å²) in [4.78, 5) is 11.0. The van der Waals surface area contributed by atoms with Gasteiger partial charge in [0.15, 0.2) is 17.5 Å². The van der Waals surface area contributed by atoms with Gasteiger partial charge in [0.2, 0.25) is 0 Å². The van der Waals surface area contributed by atoms with E-state index in [0.29, 0.717) is 19.0 Å². The Morgan fingerprint density at radius 1 is 1.20 bits per heavy atom. The first-order valence-corrected chi connectivity index (χ1v) is 9.97. The van der Waals surface area contributed by atoms with Crippen molar-refractivity contribution in [3.63, 3.8) is 0 Å². The lowest BCUT2D eigenvalue weighted by atomic mass is 10.0. The molecule has 164 valence electrons. The second-order valence-electron chi connectivity index (χ2n) is 6.89. The van der Waals surface area contributed by atoms with Gasteiger partial charge < -0.3 is 24.8 Å². The molecule has 1 aromatic heterocycles. The molecular formula is C20H31N7O3. The summed E-state index contributed by atoms with van der Waals surface area (Å²) < 4.78 is 18.2. The van der Waals surface area contributed by atoms with Crippen LogP contribution in [0.1, 0.15) is 17.4 Å². The molecule has 2 aromatic rings. The zero-order valence-corrected chi connectivity index (χ0v) is 18.1. The van der Waals surface area contributed by atoms with Gasteiger partial charge in [0.25, 0.3) is 0 Å². The molecule has 1 aliphatic heterocycles. The van der Waals surface area contributed by atoms with Gasteiger partial charge >= 0.3 is 0 Å².